The zero-order chi connectivity index (χ0) is 10.7. The third-order valence-electron chi connectivity index (χ3n) is 1.88. The molecule has 0 saturated heterocycles. The Balaban J connectivity index is 2.29. The van der Waals surface area contributed by atoms with E-state index in [4.69, 9.17) is 4.52 Å². The first kappa shape index (κ1) is 10.8. The number of hydrogen-bond acceptors (Lipinski definition) is 3. The van der Waals surface area contributed by atoms with Gasteiger partial charge in [-0.15, -0.1) is 0 Å². The van der Waals surface area contributed by atoms with E-state index in [0.717, 1.165) is 33.5 Å². The SMILES string of the molecule is BrCCc1cc(-c2cccc(Br)n2)no1. The molecule has 15 heavy (non-hydrogen) atoms. The van der Waals surface area contributed by atoms with Crippen molar-refractivity contribution < 1.29 is 4.52 Å². The Labute approximate surface area is 104 Å². The van der Waals surface area contributed by atoms with Crippen LogP contribution in [0.2, 0.25) is 0 Å². The molecule has 2 aromatic rings. The summed E-state index contributed by atoms with van der Waals surface area (Å²) in [5.74, 6) is 0.864. The third kappa shape index (κ3) is 2.66. The summed E-state index contributed by atoms with van der Waals surface area (Å²) >= 11 is 6.67. The summed E-state index contributed by atoms with van der Waals surface area (Å²) in [5, 5.41) is 4.84. The Hall–Kier alpha value is -0.680. The quantitative estimate of drug-likeness (QED) is 0.639. The second-order valence-electron chi connectivity index (χ2n) is 2.96. The van der Waals surface area contributed by atoms with Crippen molar-refractivity contribution in [3.05, 3.63) is 34.6 Å². The van der Waals surface area contributed by atoms with Crippen molar-refractivity contribution in [2.45, 2.75) is 6.42 Å². The van der Waals surface area contributed by atoms with E-state index in [0.29, 0.717) is 0 Å². The highest BCUT2D eigenvalue weighted by atomic mass is 79.9. The molecule has 0 spiro atoms. The van der Waals surface area contributed by atoms with Crippen LogP contribution in [0.3, 0.4) is 0 Å². The molecule has 0 aliphatic carbocycles. The van der Waals surface area contributed by atoms with Gasteiger partial charge in [-0.1, -0.05) is 27.2 Å². The molecule has 0 amide bonds. The molecule has 2 aromatic heterocycles. The smallest absolute Gasteiger partial charge is 0.138 e. The topological polar surface area (TPSA) is 38.9 Å². The lowest BCUT2D eigenvalue weighted by molar-refractivity contribution is 0.389. The van der Waals surface area contributed by atoms with E-state index in [1.54, 1.807) is 0 Å². The van der Waals surface area contributed by atoms with Gasteiger partial charge in [-0.05, 0) is 28.1 Å². The number of aryl methyl sites for hydroxylation is 1. The number of rotatable bonds is 3. The summed E-state index contributed by atoms with van der Waals surface area (Å²) in [6, 6.07) is 7.62. The van der Waals surface area contributed by atoms with Crippen molar-refractivity contribution in [1.29, 1.82) is 0 Å². The Morgan fingerprint density at radius 1 is 1.27 bits per heavy atom. The summed E-state index contributed by atoms with van der Waals surface area (Å²) in [4.78, 5) is 4.30. The maximum atomic E-state index is 5.16. The van der Waals surface area contributed by atoms with Crippen molar-refractivity contribution in [3.8, 4) is 11.4 Å². The molecule has 0 aliphatic rings. The highest BCUT2D eigenvalue weighted by Crippen LogP contribution is 2.19. The molecule has 2 rings (SSSR count). The van der Waals surface area contributed by atoms with E-state index < -0.39 is 0 Å². The van der Waals surface area contributed by atoms with Gasteiger partial charge in [-0.3, -0.25) is 0 Å². The molecule has 0 aromatic carbocycles. The van der Waals surface area contributed by atoms with Crippen LogP contribution in [-0.4, -0.2) is 15.5 Å². The average Bonchev–Trinajstić information content (AvgIpc) is 2.67. The largest absolute Gasteiger partial charge is 0.361 e. The van der Waals surface area contributed by atoms with E-state index in [1.165, 1.54) is 0 Å². The molecule has 0 unspecified atom stereocenters. The predicted molar refractivity (Wildman–Crippen MR) is 64.9 cm³/mol. The lowest BCUT2D eigenvalue weighted by Gasteiger charge is -1.93. The minimum absolute atomic E-state index is 0.771. The zero-order valence-electron chi connectivity index (χ0n) is 7.78. The van der Waals surface area contributed by atoms with Crippen LogP contribution in [0.15, 0.2) is 33.4 Å². The summed E-state index contributed by atoms with van der Waals surface area (Å²) in [6.45, 7) is 0. The molecule has 0 N–H and O–H groups in total. The fourth-order valence-electron chi connectivity index (χ4n) is 1.20. The van der Waals surface area contributed by atoms with E-state index in [2.05, 4.69) is 42.0 Å². The van der Waals surface area contributed by atoms with Crippen LogP contribution in [0.5, 0.6) is 0 Å². The van der Waals surface area contributed by atoms with Gasteiger partial charge in [0.25, 0.3) is 0 Å². The lowest BCUT2D eigenvalue weighted by Crippen LogP contribution is -1.83. The maximum Gasteiger partial charge on any atom is 0.138 e. The second kappa shape index (κ2) is 4.90. The average molecular weight is 332 g/mol. The van der Waals surface area contributed by atoms with Crippen LogP contribution in [0, 0.1) is 0 Å². The molecule has 5 heteroatoms. The van der Waals surface area contributed by atoms with Crippen molar-refractivity contribution in [3.63, 3.8) is 0 Å². The van der Waals surface area contributed by atoms with Crippen LogP contribution >= 0.6 is 31.9 Å². The predicted octanol–water partition coefficient (Wildman–Crippen LogP) is 3.44. The van der Waals surface area contributed by atoms with Gasteiger partial charge in [0.05, 0.1) is 5.69 Å². The molecule has 0 aliphatic heterocycles. The summed E-state index contributed by atoms with van der Waals surface area (Å²) in [6.07, 6.45) is 0.834. The fourth-order valence-corrected chi connectivity index (χ4v) is 1.93. The van der Waals surface area contributed by atoms with Gasteiger partial charge in [0.1, 0.15) is 16.1 Å². The maximum absolute atomic E-state index is 5.16. The van der Waals surface area contributed by atoms with Crippen molar-refractivity contribution >= 4 is 31.9 Å². The Morgan fingerprint density at radius 3 is 2.87 bits per heavy atom. The Morgan fingerprint density at radius 2 is 2.13 bits per heavy atom. The summed E-state index contributed by atoms with van der Waals surface area (Å²) in [7, 11) is 0. The number of alkyl halides is 1. The normalized spacial score (nSPS) is 10.5. The fraction of sp³-hybridized carbons (Fsp3) is 0.200. The molecule has 0 saturated carbocycles. The third-order valence-corrected chi connectivity index (χ3v) is 2.72. The minimum atomic E-state index is 0.771. The molecule has 0 radical (unpaired) electrons. The molecular formula is C10H8Br2N2O. The Kier molecular flexibility index (Phi) is 3.53. The van der Waals surface area contributed by atoms with E-state index in [1.807, 2.05) is 24.3 Å². The van der Waals surface area contributed by atoms with E-state index in [-0.39, 0.29) is 0 Å². The lowest BCUT2D eigenvalue weighted by atomic mass is 10.2. The monoisotopic (exact) mass is 330 g/mol. The van der Waals surface area contributed by atoms with Crippen LogP contribution < -0.4 is 0 Å². The first-order chi connectivity index (χ1) is 7.29. The zero-order valence-corrected chi connectivity index (χ0v) is 11.0. The van der Waals surface area contributed by atoms with Crippen molar-refractivity contribution in [2.24, 2.45) is 0 Å². The van der Waals surface area contributed by atoms with Gasteiger partial charge in [-0.2, -0.15) is 0 Å². The number of aromatic nitrogens is 2. The van der Waals surface area contributed by atoms with E-state index in [9.17, 15) is 0 Å². The van der Waals surface area contributed by atoms with Crippen LogP contribution in [-0.2, 0) is 6.42 Å². The molecular weight excluding hydrogens is 324 g/mol. The molecule has 0 fully saturated rings. The summed E-state index contributed by atoms with van der Waals surface area (Å²) < 4.78 is 5.96. The number of pyridine rings is 1. The molecule has 78 valence electrons. The molecule has 2 heterocycles. The van der Waals surface area contributed by atoms with Gasteiger partial charge < -0.3 is 4.52 Å². The van der Waals surface area contributed by atoms with Crippen LogP contribution in [0.25, 0.3) is 11.4 Å². The van der Waals surface area contributed by atoms with Gasteiger partial charge >= 0.3 is 0 Å². The highest BCUT2D eigenvalue weighted by molar-refractivity contribution is 9.10. The van der Waals surface area contributed by atoms with E-state index >= 15 is 0 Å². The van der Waals surface area contributed by atoms with Gasteiger partial charge in [0, 0.05) is 17.8 Å². The number of hydrogen-bond donors (Lipinski definition) is 0. The summed E-state index contributed by atoms with van der Waals surface area (Å²) in [5.41, 5.74) is 1.58. The van der Waals surface area contributed by atoms with Crippen LogP contribution in [0.1, 0.15) is 5.76 Å². The van der Waals surface area contributed by atoms with Gasteiger partial charge in [-0.25, -0.2) is 4.98 Å². The van der Waals surface area contributed by atoms with Gasteiger partial charge in [0.15, 0.2) is 0 Å². The first-order valence-electron chi connectivity index (χ1n) is 4.44. The molecule has 3 nitrogen and oxygen atoms in total. The van der Waals surface area contributed by atoms with Crippen molar-refractivity contribution in [2.75, 3.05) is 5.33 Å². The standard InChI is InChI=1S/C10H8Br2N2O/c11-5-4-7-6-9(14-15-7)8-2-1-3-10(12)13-8/h1-3,6H,4-5H2. The van der Waals surface area contributed by atoms with Crippen molar-refractivity contribution in [1.82, 2.24) is 10.1 Å². The molecule has 0 atom stereocenters. The molecule has 0 bridgehead atoms. The second-order valence-corrected chi connectivity index (χ2v) is 4.57. The highest BCUT2D eigenvalue weighted by Gasteiger charge is 2.07. The number of halogens is 2. The number of nitrogens with zero attached hydrogens (tertiary/aromatic N) is 2. The van der Waals surface area contributed by atoms with Gasteiger partial charge in [0.2, 0.25) is 0 Å². The minimum Gasteiger partial charge on any atom is -0.361 e. The van der Waals surface area contributed by atoms with Crippen LogP contribution in [0.4, 0.5) is 0 Å². The first-order valence-corrected chi connectivity index (χ1v) is 6.35. The Bertz CT molecular complexity index is 456.